The number of hydrogen-bond acceptors (Lipinski definition) is 2. The van der Waals surface area contributed by atoms with Gasteiger partial charge in [-0.1, -0.05) is 24.3 Å². The lowest BCUT2D eigenvalue weighted by atomic mass is 9.89. The van der Waals surface area contributed by atoms with Crippen molar-refractivity contribution in [2.45, 2.75) is 65.5 Å². The van der Waals surface area contributed by atoms with Crippen LogP contribution in [0.4, 0.5) is 0 Å². The van der Waals surface area contributed by atoms with Gasteiger partial charge in [0, 0.05) is 0 Å². The smallest absolute Gasteiger partial charge is 0.261 e. The number of carbonyl (C=O) groups excluding carboxylic acids is 1. The quantitative estimate of drug-likeness (QED) is 0.838. The van der Waals surface area contributed by atoms with Crippen LogP contribution in [-0.4, -0.2) is 12.0 Å². The largest absolute Gasteiger partial charge is 0.481 e. The molecule has 2 aromatic carbocycles. The summed E-state index contributed by atoms with van der Waals surface area (Å²) in [6, 6.07) is 12.6. The molecule has 0 radical (unpaired) electrons. The highest BCUT2D eigenvalue weighted by Crippen LogP contribution is 2.25. The zero-order valence-corrected chi connectivity index (χ0v) is 16.3. The van der Waals surface area contributed by atoms with Crippen LogP contribution in [0.2, 0.25) is 0 Å². The molecule has 0 unspecified atom stereocenters. The minimum Gasteiger partial charge on any atom is -0.481 e. The summed E-state index contributed by atoms with van der Waals surface area (Å²) in [5.74, 6) is 0.654. The zero-order chi connectivity index (χ0) is 18.7. The maximum absolute atomic E-state index is 12.6. The first-order valence-corrected chi connectivity index (χ1v) is 9.59. The molecule has 1 N–H and O–H groups in total. The topological polar surface area (TPSA) is 38.3 Å². The van der Waals surface area contributed by atoms with Gasteiger partial charge in [0.15, 0.2) is 6.10 Å². The molecule has 1 aliphatic rings. The number of fused-ring (bicyclic) bond motifs is 1. The summed E-state index contributed by atoms with van der Waals surface area (Å²) < 4.78 is 5.85. The van der Waals surface area contributed by atoms with Gasteiger partial charge in [0.25, 0.3) is 5.91 Å². The molecule has 0 aromatic heterocycles. The second kappa shape index (κ2) is 7.94. The molecule has 0 fully saturated rings. The van der Waals surface area contributed by atoms with Gasteiger partial charge >= 0.3 is 0 Å². The second-order valence-corrected chi connectivity index (χ2v) is 7.55. The average molecular weight is 351 g/mol. The average Bonchev–Trinajstić information content (AvgIpc) is 2.60. The van der Waals surface area contributed by atoms with Gasteiger partial charge in [0.05, 0.1) is 6.04 Å². The molecule has 0 saturated carbocycles. The fraction of sp³-hybridized carbons (Fsp3) is 0.435. The number of hydrogen-bond donors (Lipinski definition) is 1. The Labute approximate surface area is 156 Å². The molecule has 0 spiro atoms. The van der Waals surface area contributed by atoms with E-state index in [1.54, 1.807) is 6.92 Å². The van der Waals surface area contributed by atoms with Crippen molar-refractivity contribution in [1.29, 1.82) is 0 Å². The van der Waals surface area contributed by atoms with Gasteiger partial charge in [-0.2, -0.15) is 0 Å². The molecule has 3 nitrogen and oxygen atoms in total. The Kier molecular flexibility index (Phi) is 5.65. The van der Waals surface area contributed by atoms with Crippen LogP contribution >= 0.6 is 0 Å². The lowest BCUT2D eigenvalue weighted by Crippen LogP contribution is -2.37. The number of nitrogens with one attached hydrogen (secondary N) is 1. The van der Waals surface area contributed by atoms with Gasteiger partial charge in [-0.05, 0) is 93.3 Å². The number of ether oxygens (including phenoxy) is 1. The Morgan fingerprint density at radius 2 is 1.62 bits per heavy atom. The molecule has 1 amide bonds. The molecule has 0 heterocycles. The highest BCUT2D eigenvalue weighted by Gasteiger charge is 2.19. The van der Waals surface area contributed by atoms with E-state index in [4.69, 9.17) is 4.74 Å². The van der Waals surface area contributed by atoms with Crippen molar-refractivity contribution in [3.05, 3.63) is 64.2 Å². The first-order chi connectivity index (χ1) is 12.4. The number of aryl methyl sites for hydroxylation is 4. The molecule has 3 rings (SSSR count). The Hall–Kier alpha value is -2.29. The minimum atomic E-state index is -0.531. The summed E-state index contributed by atoms with van der Waals surface area (Å²) in [4.78, 5) is 12.6. The van der Waals surface area contributed by atoms with Crippen molar-refractivity contribution < 1.29 is 9.53 Å². The van der Waals surface area contributed by atoms with E-state index in [-0.39, 0.29) is 11.9 Å². The predicted molar refractivity (Wildman–Crippen MR) is 106 cm³/mol. The first kappa shape index (κ1) is 18.5. The van der Waals surface area contributed by atoms with Crippen molar-refractivity contribution in [1.82, 2.24) is 5.32 Å². The van der Waals surface area contributed by atoms with Crippen LogP contribution in [0.5, 0.6) is 5.75 Å². The normalized spacial score (nSPS) is 15.7. The Morgan fingerprint density at radius 3 is 2.31 bits per heavy atom. The van der Waals surface area contributed by atoms with Crippen molar-refractivity contribution in [2.75, 3.05) is 0 Å². The molecule has 26 heavy (non-hydrogen) atoms. The standard InChI is InChI=1S/C23H29NO2/c1-15-11-16(2)13-22(12-15)26-18(4)23(25)24-17(3)20-10-9-19-7-5-6-8-21(19)14-20/h9-14,17-18H,5-8H2,1-4H3,(H,24,25)/t17-,18-/m0/s1. The van der Waals surface area contributed by atoms with Gasteiger partial charge in [-0.25, -0.2) is 0 Å². The first-order valence-electron chi connectivity index (χ1n) is 9.59. The number of benzene rings is 2. The van der Waals surface area contributed by atoms with Crippen LogP contribution in [0.15, 0.2) is 36.4 Å². The third-order valence-electron chi connectivity index (χ3n) is 5.11. The van der Waals surface area contributed by atoms with Crippen molar-refractivity contribution in [3.63, 3.8) is 0 Å². The molecular weight excluding hydrogens is 322 g/mol. The lowest BCUT2D eigenvalue weighted by molar-refractivity contribution is -0.127. The third kappa shape index (κ3) is 4.46. The maximum Gasteiger partial charge on any atom is 0.261 e. The van der Waals surface area contributed by atoms with Gasteiger partial charge in [0.1, 0.15) is 5.75 Å². The molecular formula is C23H29NO2. The number of amides is 1. The monoisotopic (exact) mass is 351 g/mol. The Balaban J connectivity index is 1.63. The molecule has 2 aromatic rings. The Morgan fingerprint density at radius 1 is 0.962 bits per heavy atom. The molecule has 0 bridgehead atoms. The van der Waals surface area contributed by atoms with Gasteiger partial charge in [0.2, 0.25) is 0 Å². The molecule has 3 heteroatoms. The summed E-state index contributed by atoms with van der Waals surface area (Å²) >= 11 is 0. The third-order valence-corrected chi connectivity index (χ3v) is 5.11. The summed E-state index contributed by atoms with van der Waals surface area (Å²) in [6.07, 6.45) is 4.34. The maximum atomic E-state index is 12.6. The van der Waals surface area contributed by atoms with Crippen LogP contribution in [0.25, 0.3) is 0 Å². The fourth-order valence-corrected chi connectivity index (χ4v) is 3.70. The Bertz CT molecular complexity index is 777. The SMILES string of the molecule is Cc1cc(C)cc(O[C@@H](C)C(=O)N[C@@H](C)c2ccc3c(c2)CCCC3)c1. The predicted octanol–water partition coefficient (Wildman–Crippen LogP) is 4.83. The molecule has 138 valence electrons. The van der Waals surface area contributed by atoms with Crippen molar-refractivity contribution in [2.24, 2.45) is 0 Å². The summed E-state index contributed by atoms with van der Waals surface area (Å²) in [5.41, 5.74) is 6.34. The second-order valence-electron chi connectivity index (χ2n) is 7.55. The molecule has 0 aliphatic heterocycles. The van der Waals surface area contributed by atoms with E-state index in [9.17, 15) is 4.79 Å². The van der Waals surface area contributed by atoms with E-state index in [2.05, 4.69) is 29.6 Å². The van der Waals surface area contributed by atoms with Crippen LogP contribution in [0.3, 0.4) is 0 Å². The van der Waals surface area contributed by atoms with Crippen molar-refractivity contribution in [3.8, 4) is 5.75 Å². The highest BCUT2D eigenvalue weighted by molar-refractivity contribution is 5.81. The molecule has 0 saturated heterocycles. The summed E-state index contributed by atoms with van der Waals surface area (Å²) in [5, 5.41) is 3.09. The van der Waals surface area contributed by atoms with Gasteiger partial charge in [-0.3, -0.25) is 4.79 Å². The molecule has 2 atom stereocenters. The van der Waals surface area contributed by atoms with Crippen molar-refractivity contribution >= 4 is 5.91 Å². The van der Waals surface area contributed by atoms with E-state index < -0.39 is 6.10 Å². The van der Waals surface area contributed by atoms with E-state index in [1.807, 2.05) is 32.9 Å². The van der Waals surface area contributed by atoms with Crippen LogP contribution in [-0.2, 0) is 17.6 Å². The number of carbonyl (C=O) groups is 1. The van der Waals surface area contributed by atoms with Gasteiger partial charge < -0.3 is 10.1 Å². The zero-order valence-electron chi connectivity index (χ0n) is 16.3. The van der Waals surface area contributed by atoms with E-state index in [1.165, 1.54) is 30.4 Å². The molecule has 1 aliphatic carbocycles. The summed E-state index contributed by atoms with van der Waals surface area (Å²) in [6.45, 7) is 7.89. The van der Waals surface area contributed by atoms with Crippen LogP contribution in [0.1, 0.15) is 60.5 Å². The van der Waals surface area contributed by atoms with Gasteiger partial charge in [-0.15, -0.1) is 0 Å². The minimum absolute atomic E-state index is 0.0278. The van der Waals surface area contributed by atoms with Crippen LogP contribution in [0, 0.1) is 13.8 Å². The van der Waals surface area contributed by atoms with E-state index in [0.717, 1.165) is 28.9 Å². The van der Waals surface area contributed by atoms with E-state index in [0.29, 0.717) is 0 Å². The fourth-order valence-electron chi connectivity index (χ4n) is 3.70. The highest BCUT2D eigenvalue weighted by atomic mass is 16.5. The number of rotatable bonds is 5. The van der Waals surface area contributed by atoms with E-state index >= 15 is 0 Å². The van der Waals surface area contributed by atoms with Crippen LogP contribution < -0.4 is 10.1 Å². The summed E-state index contributed by atoms with van der Waals surface area (Å²) in [7, 11) is 0. The lowest BCUT2D eigenvalue weighted by Gasteiger charge is -2.22.